The second kappa shape index (κ2) is 16.5. The van der Waals surface area contributed by atoms with Gasteiger partial charge in [-0.25, -0.2) is 0 Å². The molecule has 6 nitrogen and oxygen atoms in total. The zero-order valence-corrected chi connectivity index (χ0v) is 17.3. The highest BCUT2D eigenvalue weighted by atomic mass is 16.5. The summed E-state index contributed by atoms with van der Waals surface area (Å²) >= 11 is 0. The van der Waals surface area contributed by atoms with Gasteiger partial charge in [-0.3, -0.25) is 9.59 Å². The molecular weight excluding hydrogens is 336 g/mol. The summed E-state index contributed by atoms with van der Waals surface area (Å²) in [6, 6.07) is 0. The van der Waals surface area contributed by atoms with Gasteiger partial charge in [0, 0.05) is 0 Å². The van der Waals surface area contributed by atoms with Crippen molar-refractivity contribution in [1.29, 1.82) is 0 Å². The highest BCUT2D eigenvalue weighted by molar-refractivity contribution is 5.73. The Morgan fingerprint density at radius 1 is 0.808 bits per heavy atom. The Bertz CT molecular complexity index is 361. The van der Waals surface area contributed by atoms with Gasteiger partial charge in [0.15, 0.2) is 0 Å². The molecule has 0 unspecified atom stereocenters. The number of carbonyl (C=O) groups is 2. The maximum absolute atomic E-state index is 10.3. The number of unbranched alkanes of at least 4 members (excludes halogenated alkanes) is 1. The monoisotopic (exact) mass is 374 g/mol. The SMILES string of the molecule is C=COCCCCOC=C.CCC(C)(C)C(=O)O.CCC(C)(C)C(=O)O. The van der Waals surface area contributed by atoms with Gasteiger partial charge in [-0.15, -0.1) is 0 Å². The van der Waals surface area contributed by atoms with E-state index in [0.29, 0.717) is 12.8 Å². The molecule has 0 spiro atoms. The average molecular weight is 375 g/mol. The standard InChI is InChI=1S/C8H14O2.2C6H12O2/c1-3-9-7-5-6-8-10-4-2;2*1-4-6(2,3)5(7)8/h3-4H,1-2,5-8H2;2*4H2,1-3H3,(H,7,8). The summed E-state index contributed by atoms with van der Waals surface area (Å²) in [6.07, 6.45) is 6.27. The van der Waals surface area contributed by atoms with E-state index in [0.717, 1.165) is 26.1 Å². The summed E-state index contributed by atoms with van der Waals surface area (Å²) in [5.74, 6) is -1.44. The first-order valence-corrected chi connectivity index (χ1v) is 8.84. The molecule has 0 radical (unpaired) electrons. The summed E-state index contributed by atoms with van der Waals surface area (Å²) in [7, 11) is 0. The number of rotatable bonds is 11. The van der Waals surface area contributed by atoms with Crippen LogP contribution in [0.4, 0.5) is 0 Å². The van der Waals surface area contributed by atoms with E-state index in [2.05, 4.69) is 13.2 Å². The number of hydrogen-bond acceptors (Lipinski definition) is 4. The Morgan fingerprint density at radius 2 is 1.08 bits per heavy atom. The van der Waals surface area contributed by atoms with Gasteiger partial charge in [0.2, 0.25) is 0 Å². The summed E-state index contributed by atoms with van der Waals surface area (Å²) < 4.78 is 9.79. The molecule has 0 aromatic carbocycles. The molecule has 6 heteroatoms. The molecule has 0 aliphatic rings. The normalized spacial score (nSPS) is 10.2. The van der Waals surface area contributed by atoms with Gasteiger partial charge in [-0.2, -0.15) is 0 Å². The zero-order valence-electron chi connectivity index (χ0n) is 17.3. The Morgan fingerprint density at radius 3 is 1.19 bits per heavy atom. The van der Waals surface area contributed by atoms with E-state index in [9.17, 15) is 9.59 Å². The van der Waals surface area contributed by atoms with Gasteiger partial charge < -0.3 is 19.7 Å². The number of carboxylic acid groups (broad SMARTS) is 2. The molecular formula is C20H38O6. The van der Waals surface area contributed by atoms with Crippen LogP contribution < -0.4 is 0 Å². The molecule has 0 aromatic heterocycles. The quantitative estimate of drug-likeness (QED) is 0.386. The topological polar surface area (TPSA) is 93.1 Å². The average Bonchev–Trinajstić information content (AvgIpc) is 2.59. The first-order valence-electron chi connectivity index (χ1n) is 8.84. The molecule has 0 aliphatic heterocycles. The maximum Gasteiger partial charge on any atom is 0.309 e. The van der Waals surface area contributed by atoms with Crippen molar-refractivity contribution in [2.24, 2.45) is 10.8 Å². The van der Waals surface area contributed by atoms with Gasteiger partial charge in [0.1, 0.15) is 0 Å². The second-order valence-corrected chi connectivity index (χ2v) is 6.87. The Kier molecular flexibility index (Phi) is 18.3. The van der Waals surface area contributed by atoms with Crippen LogP contribution in [0, 0.1) is 10.8 Å². The van der Waals surface area contributed by atoms with Crippen molar-refractivity contribution < 1.29 is 29.3 Å². The van der Waals surface area contributed by atoms with Crippen molar-refractivity contribution in [3.05, 3.63) is 25.7 Å². The predicted molar refractivity (Wildman–Crippen MR) is 105 cm³/mol. The van der Waals surface area contributed by atoms with Crippen molar-refractivity contribution >= 4 is 11.9 Å². The van der Waals surface area contributed by atoms with Crippen molar-refractivity contribution in [3.63, 3.8) is 0 Å². The summed E-state index contributed by atoms with van der Waals surface area (Å²) in [5.41, 5.74) is -1.08. The minimum absolute atomic E-state index is 0.542. The van der Waals surface area contributed by atoms with E-state index in [1.165, 1.54) is 12.5 Å². The third kappa shape index (κ3) is 18.4. The maximum atomic E-state index is 10.3. The van der Waals surface area contributed by atoms with Crippen molar-refractivity contribution in [1.82, 2.24) is 0 Å². The smallest absolute Gasteiger partial charge is 0.309 e. The van der Waals surface area contributed by atoms with Crippen molar-refractivity contribution in [3.8, 4) is 0 Å². The molecule has 26 heavy (non-hydrogen) atoms. The molecule has 0 rings (SSSR count). The fourth-order valence-electron chi connectivity index (χ4n) is 0.840. The second-order valence-electron chi connectivity index (χ2n) is 6.87. The largest absolute Gasteiger partial charge is 0.502 e. The predicted octanol–water partition coefficient (Wildman–Crippen LogP) is 5.10. The van der Waals surface area contributed by atoms with Gasteiger partial charge in [0.25, 0.3) is 0 Å². The van der Waals surface area contributed by atoms with Crippen LogP contribution in [0.25, 0.3) is 0 Å². The lowest BCUT2D eigenvalue weighted by Crippen LogP contribution is -2.21. The summed E-state index contributed by atoms with van der Waals surface area (Å²) in [6.45, 7) is 18.9. The fraction of sp³-hybridized carbons (Fsp3) is 0.700. The van der Waals surface area contributed by atoms with Crippen LogP contribution in [-0.4, -0.2) is 35.4 Å². The third-order valence-corrected chi connectivity index (χ3v) is 3.94. The minimum Gasteiger partial charge on any atom is -0.502 e. The Labute approximate surface area is 158 Å². The molecule has 0 bridgehead atoms. The van der Waals surface area contributed by atoms with Crippen LogP contribution in [0.5, 0.6) is 0 Å². The first-order chi connectivity index (χ1) is 11.9. The molecule has 154 valence electrons. The van der Waals surface area contributed by atoms with Gasteiger partial charge in [0.05, 0.1) is 36.6 Å². The van der Waals surface area contributed by atoms with Crippen molar-refractivity contribution in [2.75, 3.05) is 13.2 Å². The van der Waals surface area contributed by atoms with Gasteiger partial charge >= 0.3 is 11.9 Å². The number of aliphatic carboxylic acids is 2. The molecule has 0 aromatic rings. The number of carboxylic acids is 2. The van der Waals surface area contributed by atoms with Crippen molar-refractivity contribution in [2.45, 2.75) is 67.2 Å². The Hall–Kier alpha value is -1.98. The van der Waals surface area contributed by atoms with E-state index >= 15 is 0 Å². The summed E-state index contributed by atoms with van der Waals surface area (Å²) in [5, 5.41) is 16.9. The fourth-order valence-corrected chi connectivity index (χ4v) is 0.840. The first kappa shape index (κ1) is 28.8. The molecule has 0 fully saturated rings. The van der Waals surface area contributed by atoms with E-state index in [1.807, 2.05) is 13.8 Å². The van der Waals surface area contributed by atoms with Crippen LogP contribution in [0.15, 0.2) is 25.7 Å². The van der Waals surface area contributed by atoms with Crippen LogP contribution in [-0.2, 0) is 19.1 Å². The Balaban J connectivity index is -0.000000308. The molecule has 0 heterocycles. The van der Waals surface area contributed by atoms with E-state index in [1.54, 1.807) is 27.7 Å². The third-order valence-electron chi connectivity index (χ3n) is 3.94. The molecule has 0 amide bonds. The summed E-state index contributed by atoms with van der Waals surface area (Å²) in [4.78, 5) is 20.5. The van der Waals surface area contributed by atoms with Crippen LogP contribution in [0.3, 0.4) is 0 Å². The lowest BCUT2D eigenvalue weighted by Gasteiger charge is -2.14. The molecule has 0 aliphatic carbocycles. The van der Waals surface area contributed by atoms with Crippen LogP contribution >= 0.6 is 0 Å². The lowest BCUT2D eigenvalue weighted by molar-refractivity contribution is -0.147. The van der Waals surface area contributed by atoms with E-state index in [4.69, 9.17) is 19.7 Å². The van der Waals surface area contributed by atoms with Gasteiger partial charge in [-0.05, 0) is 53.4 Å². The molecule has 2 N–H and O–H groups in total. The highest BCUT2D eigenvalue weighted by Gasteiger charge is 2.24. The minimum atomic E-state index is -0.722. The lowest BCUT2D eigenvalue weighted by atomic mass is 9.91. The van der Waals surface area contributed by atoms with Crippen LogP contribution in [0.1, 0.15) is 67.2 Å². The van der Waals surface area contributed by atoms with E-state index in [-0.39, 0.29) is 0 Å². The van der Waals surface area contributed by atoms with Crippen LogP contribution in [0.2, 0.25) is 0 Å². The zero-order chi connectivity index (χ0) is 21.2. The molecule has 0 saturated carbocycles. The highest BCUT2D eigenvalue weighted by Crippen LogP contribution is 2.19. The number of ether oxygens (including phenoxy) is 2. The molecule has 0 saturated heterocycles. The number of hydrogen-bond donors (Lipinski definition) is 2. The van der Waals surface area contributed by atoms with E-state index < -0.39 is 22.8 Å². The molecule has 0 atom stereocenters. The van der Waals surface area contributed by atoms with Gasteiger partial charge in [-0.1, -0.05) is 27.0 Å².